The number of carbonyl (C=O) groups is 1. The maximum absolute atomic E-state index is 10.4. The van der Waals surface area contributed by atoms with Crippen molar-refractivity contribution in [1.29, 1.82) is 0 Å². The third-order valence-electron chi connectivity index (χ3n) is 7.19. The van der Waals surface area contributed by atoms with Crippen molar-refractivity contribution in [3.8, 4) is 0 Å². The number of nitrogens with one attached hydrogen (secondary N) is 2. The average molecular weight is 503 g/mol. The van der Waals surface area contributed by atoms with Crippen molar-refractivity contribution in [3.63, 3.8) is 0 Å². The fourth-order valence-electron chi connectivity index (χ4n) is 5.26. The van der Waals surface area contributed by atoms with Crippen molar-refractivity contribution < 1.29 is 4.79 Å². The second kappa shape index (κ2) is 10.7. The number of aliphatic imine (C=N–C) groups is 1. The number of piperidine rings is 1. The van der Waals surface area contributed by atoms with Gasteiger partial charge in [0.15, 0.2) is 6.29 Å². The minimum Gasteiger partial charge on any atom is -0.382 e. The number of likely N-dealkylation sites (tertiary alicyclic amines) is 1. The summed E-state index contributed by atoms with van der Waals surface area (Å²) in [4.78, 5) is 23.8. The summed E-state index contributed by atoms with van der Waals surface area (Å²) in [5, 5.41) is 6.94. The molecule has 0 radical (unpaired) electrons. The summed E-state index contributed by atoms with van der Waals surface area (Å²) in [6, 6.07) is 12.6. The number of nitrogens with zero attached hydrogens (tertiary/aromatic N) is 3. The molecule has 0 spiro atoms. The number of thiophene rings is 1. The van der Waals surface area contributed by atoms with Crippen LogP contribution in [-0.4, -0.2) is 53.2 Å². The van der Waals surface area contributed by atoms with Gasteiger partial charge in [-0.2, -0.15) is 0 Å². The minimum atomic E-state index is 0.227. The monoisotopic (exact) mass is 502 g/mol. The number of aromatic amines is 1. The normalized spacial score (nSPS) is 20.1. The van der Waals surface area contributed by atoms with Crippen molar-refractivity contribution >= 4 is 40.1 Å². The third kappa shape index (κ3) is 4.83. The van der Waals surface area contributed by atoms with E-state index in [4.69, 9.17) is 5.73 Å². The lowest BCUT2D eigenvalue weighted by molar-refractivity contribution is 0.112. The summed E-state index contributed by atoms with van der Waals surface area (Å²) >= 11 is 1.52. The lowest BCUT2D eigenvalue weighted by Gasteiger charge is -2.37. The Morgan fingerprint density at radius 2 is 2.03 bits per heavy atom. The highest BCUT2D eigenvalue weighted by Crippen LogP contribution is 2.36. The standard InChI is InChI=1S/C20H24N6.C8H10OS/c1-25-9-6-13(7-10-25)20-24-17(18-19(21)22-8-11-26(18)20)16-12-14-4-2-3-5-15(14)23-16;1-2-3-7-4-5-10-8(7)6-9/h2-5,8,11-13,20,23-24H,6-7,9-10H2,1H3,(H2,21,22);4-6H,2-3H2,1H3. The summed E-state index contributed by atoms with van der Waals surface area (Å²) in [5.41, 5.74) is 11.7. The molecule has 3 aromatic rings. The topological polar surface area (TPSA) is 89.8 Å². The molecule has 1 aromatic carbocycles. The zero-order valence-electron chi connectivity index (χ0n) is 20.9. The number of aryl methyl sites for hydroxylation is 1. The van der Waals surface area contributed by atoms with E-state index in [1.807, 2.05) is 11.4 Å². The van der Waals surface area contributed by atoms with Gasteiger partial charge in [0.1, 0.15) is 17.7 Å². The van der Waals surface area contributed by atoms with Crippen LogP contribution in [0.15, 0.2) is 64.9 Å². The molecule has 0 amide bonds. The van der Waals surface area contributed by atoms with Gasteiger partial charge in [0.05, 0.1) is 16.3 Å². The van der Waals surface area contributed by atoms with Crippen molar-refractivity contribution in [3.05, 3.63) is 76.0 Å². The maximum atomic E-state index is 10.4. The summed E-state index contributed by atoms with van der Waals surface area (Å²) in [7, 11) is 2.20. The quantitative estimate of drug-likeness (QED) is 0.438. The number of hydrogen-bond acceptors (Lipinski definition) is 7. The molecule has 4 N–H and O–H groups in total. The van der Waals surface area contributed by atoms with Crippen LogP contribution in [-0.2, 0) is 6.42 Å². The molecule has 6 rings (SSSR count). The van der Waals surface area contributed by atoms with Crippen LogP contribution in [0.1, 0.15) is 47.1 Å². The van der Waals surface area contributed by atoms with E-state index in [0.29, 0.717) is 11.8 Å². The first-order valence-electron chi connectivity index (χ1n) is 12.7. The highest BCUT2D eigenvalue weighted by molar-refractivity contribution is 7.11. The number of hydrogen-bond donors (Lipinski definition) is 3. The molecule has 0 aliphatic carbocycles. The first kappa shape index (κ1) is 24.3. The summed E-state index contributed by atoms with van der Waals surface area (Å²) in [5.74, 6) is 1.16. The Balaban J connectivity index is 0.000000226. The molecule has 5 heterocycles. The SMILES string of the molecule is CCCc1ccsc1C=O.CN1CCC(C2NC(c3cc4ccccc4[nH]3)=C3C(N)=NC=CN32)CC1. The number of H-pyrrole nitrogens is 1. The van der Waals surface area contributed by atoms with Gasteiger partial charge in [-0.1, -0.05) is 31.5 Å². The Kier molecular flexibility index (Phi) is 7.25. The molecule has 1 atom stereocenters. The number of fused-ring (bicyclic) bond motifs is 2. The number of nitrogens with two attached hydrogens (primary N) is 1. The van der Waals surface area contributed by atoms with E-state index in [1.54, 1.807) is 6.20 Å². The van der Waals surface area contributed by atoms with E-state index >= 15 is 0 Å². The van der Waals surface area contributed by atoms with E-state index in [9.17, 15) is 4.79 Å². The molecule has 3 aliphatic rings. The fourth-order valence-corrected chi connectivity index (χ4v) is 6.01. The molecule has 1 unspecified atom stereocenters. The molecule has 1 fully saturated rings. The molecular formula is C28H34N6OS. The van der Waals surface area contributed by atoms with Gasteiger partial charge in [-0.25, -0.2) is 4.99 Å². The van der Waals surface area contributed by atoms with E-state index in [1.165, 1.54) is 35.1 Å². The zero-order valence-corrected chi connectivity index (χ0v) is 21.7. The molecule has 0 saturated carbocycles. The maximum Gasteiger partial charge on any atom is 0.160 e. The van der Waals surface area contributed by atoms with Gasteiger partial charge in [0.25, 0.3) is 0 Å². The average Bonchev–Trinajstić information content (AvgIpc) is 3.62. The Labute approximate surface area is 216 Å². The van der Waals surface area contributed by atoms with Crippen LogP contribution in [0.5, 0.6) is 0 Å². The van der Waals surface area contributed by atoms with Crippen LogP contribution < -0.4 is 11.1 Å². The molecule has 2 aromatic heterocycles. The van der Waals surface area contributed by atoms with E-state index in [-0.39, 0.29) is 6.17 Å². The second-order valence-electron chi connectivity index (χ2n) is 9.62. The van der Waals surface area contributed by atoms with E-state index < -0.39 is 0 Å². The number of aromatic nitrogens is 1. The molecular weight excluding hydrogens is 468 g/mol. The molecule has 36 heavy (non-hydrogen) atoms. The van der Waals surface area contributed by atoms with E-state index in [0.717, 1.165) is 59.7 Å². The van der Waals surface area contributed by atoms with Gasteiger partial charge < -0.3 is 25.8 Å². The highest BCUT2D eigenvalue weighted by Gasteiger charge is 2.39. The van der Waals surface area contributed by atoms with Gasteiger partial charge in [0.2, 0.25) is 0 Å². The highest BCUT2D eigenvalue weighted by atomic mass is 32.1. The van der Waals surface area contributed by atoms with Crippen molar-refractivity contribution in [2.45, 2.75) is 38.8 Å². The number of rotatable bonds is 5. The van der Waals surface area contributed by atoms with Crippen LogP contribution in [0.3, 0.4) is 0 Å². The van der Waals surface area contributed by atoms with Crippen LogP contribution >= 0.6 is 11.3 Å². The molecule has 8 heteroatoms. The van der Waals surface area contributed by atoms with Gasteiger partial charge >= 0.3 is 0 Å². The Morgan fingerprint density at radius 3 is 2.78 bits per heavy atom. The molecule has 7 nitrogen and oxygen atoms in total. The van der Waals surface area contributed by atoms with Crippen LogP contribution in [0, 0.1) is 5.92 Å². The molecule has 188 valence electrons. The van der Waals surface area contributed by atoms with Gasteiger partial charge in [-0.15, -0.1) is 11.3 Å². The number of amidine groups is 1. The van der Waals surface area contributed by atoms with Crippen molar-refractivity contribution in [2.75, 3.05) is 20.1 Å². The summed E-state index contributed by atoms with van der Waals surface area (Å²) in [6.45, 7) is 4.40. The van der Waals surface area contributed by atoms with Crippen molar-refractivity contribution in [2.24, 2.45) is 16.6 Å². The first-order chi connectivity index (χ1) is 17.6. The van der Waals surface area contributed by atoms with Crippen LogP contribution in [0.4, 0.5) is 0 Å². The number of carbonyl (C=O) groups excluding carboxylic acids is 1. The van der Waals surface area contributed by atoms with Gasteiger partial charge in [-0.3, -0.25) is 4.79 Å². The van der Waals surface area contributed by atoms with Gasteiger partial charge in [0, 0.05) is 29.2 Å². The number of benzene rings is 1. The predicted octanol–water partition coefficient (Wildman–Crippen LogP) is 4.76. The predicted molar refractivity (Wildman–Crippen MR) is 149 cm³/mol. The summed E-state index contributed by atoms with van der Waals surface area (Å²) < 4.78 is 0. The largest absolute Gasteiger partial charge is 0.382 e. The molecule has 1 saturated heterocycles. The Bertz CT molecular complexity index is 1280. The lowest BCUT2D eigenvalue weighted by atomic mass is 9.93. The van der Waals surface area contributed by atoms with Gasteiger partial charge in [-0.05, 0) is 68.5 Å². The smallest absolute Gasteiger partial charge is 0.160 e. The van der Waals surface area contributed by atoms with Crippen molar-refractivity contribution in [1.82, 2.24) is 20.1 Å². The Hall–Kier alpha value is -3.36. The van der Waals surface area contributed by atoms with Crippen LogP contribution in [0.2, 0.25) is 0 Å². The second-order valence-corrected chi connectivity index (χ2v) is 10.6. The number of para-hydroxylation sites is 1. The Morgan fingerprint density at radius 1 is 1.22 bits per heavy atom. The molecule has 3 aliphatic heterocycles. The minimum absolute atomic E-state index is 0.227. The zero-order chi connectivity index (χ0) is 25.1. The number of aldehydes is 1. The lowest BCUT2D eigenvalue weighted by Crippen LogP contribution is -2.46. The van der Waals surface area contributed by atoms with E-state index in [2.05, 4.69) is 75.6 Å². The summed E-state index contributed by atoms with van der Waals surface area (Å²) in [6.07, 6.45) is 9.52. The third-order valence-corrected chi connectivity index (χ3v) is 8.07. The fraction of sp³-hybridized carbons (Fsp3) is 0.357. The first-order valence-corrected chi connectivity index (χ1v) is 13.5. The van der Waals surface area contributed by atoms with Crippen LogP contribution in [0.25, 0.3) is 16.6 Å². The molecule has 0 bridgehead atoms.